The van der Waals surface area contributed by atoms with Crippen LogP contribution in [0.25, 0.3) is 0 Å². The lowest BCUT2D eigenvalue weighted by molar-refractivity contribution is -0.167. The molecule has 0 aliphatic rings. The van der Waals surface area contributed by atoms with E-state index in [1.807, 2.05) is 0 Å². The molecule has 0 saturated carbocycles. The predicted octanol–water partition coefficient (Wildman–Crippen LogP) is 23.0. The van der Waals surface area contributed by atoms with E-state index in [-0.39, 0.29) is 31.1 Å². The Kier molecular flexibility index (Phi) is 58.8. The van der Waals surface area contributed by atoms with E-state index < -0.39 is 6.10 Å². The quantitative estimate of drug-likeness (QED) is 0.0343. The van der Waals surface area contributed by atoms with Gasteiger partial charge in [-0.15, -0.1) is 0 Å². The van der Waals surface area contributed by atoms with E-state index in [2.05, 4.69) is 41.5 Å². The van der Waals surface area contributed by atoms with Crippen molar-refractivity contribution in [2.75, 3.05) is 13.2 Å². The fourth-order valence-electron chi connectivity index (χ4n) is 10.8. The molecule has 0 amide bonds. The number of hydrogen-bond acceptors (Lipinski definition) is 6. The number of esters is 3. The Hall–Kier alpha value is -1.59. The Morgan fingerprint density at radius 3 is 0.573 bits per heavy atom. The molecule has 0 N–H and O–H groups in total. The second-order valence-corrected chi connectivity index (χ2v) is 25.2. The predicted molar refractivity (Wildman–Crippen MR) is 326 cm³/mol. The van der Waals surface area contributed by atoms with Crippen LogP contribution in [0.2, 0.25) is 0 Å². The molecule has 0 aromatic carbocycles. The van der Waals surface area contributed by atoms with Gasteiger partial charge in [-0.1, -0.05) is 350 Å². The molecule has 0 unspecified atom stereocenters. The summed E-state index contributed by atoms with van der Waals surface area (Å²) in [5.41, 5.74) is 0. The Morgan fingerprint density at radius 1 is 0.227 bits per heavy atom. The van der Waals surface area contributed by atoms with E-state index in [1.54, 1.807) is 0 Å². The molecule has 0 spiro atoms. The van der Waals surface area contributed by atoms with E-state index in [4.69, 9.17) is 14.2 Å². The zero-order chi connectivity index (χ0) is 54.8. The smallest absolute Gasteiger partial charge is 0.306 e. The second kappa shape index (κ2) is 60.1. The molecule has 0 radical (unpaired) electrons. The van der Waals surface area contributed by atoms with Gasteiger partial charge in [0.2, 0.25) is 0 Å². The number of ether oxygens (including phenoxy) is 3. The number of unbranched alkanes of at least 4 members (excludes halogenated alkanes) is 45. The molecule has 0 fully saturated rings. The van der Waals surface area contributed by atoms with Gasteiger partial charge >= 0.3 is 17.9 Å². The van der Waals surface area contributed by atoms with Crippen LogP contribution in [0.4, 0.5) is 0 Å². The van der Waals surface area contributed by atoms with Gasteiger partial charge in [-0.25, -0.2) is 0 Å². The van der Waals surface area contributed by atoms with Crippen molar-refractivity contribution < 1.29 is 28.6 Å². The summed E-state index contributed by atoms with van der Waals surface area (Å²) in [6.07, 6.45) is 66.9. The van der Waals surface area contributed by atoms with E-state index in [0.717, 1.165) is 75.5 Å². The minimum Gasteiger partial charge on any atom is -0.462 e. The summed E-state index contributed by atoms with van der Waals surface area (Å²) >= 11 is 0. The van der Waals surface area contributed by atoms with Crippen molar-refractivity contribution >= 4 is 17.9 Å². The van der Waals surface area contributed by atoms with E-state index in [1.165, 1.54) is 270 Å². The molecule has 6 heteroatoms. The largest absolute Gasteiger partial charge is 0.462 e. The zero-order valence-electron chi connectivity index (χ0n) is 51.9. The van der Waals surface area contributed by atoms with Crippen LogP contribution in [0.15, 0.2) is 0 Å². The SMILES string of the molecule is CC(C)CCCCCCCCCCCCCCCCCCCCC(=O)OC[C@H](COC(=O)CCCCCCCCCCCCCCC(C)C)OC(=O)CCCCCCCCCCCCCCCCCCCCC(C)C. The lowest BCUT2D eigenvalue weighted by Crippen LogP contribution is -2.30. The third-order valence-electron chi connectivity index (χ3n) is 15.9. The van der Waals surface area contributed by atoms with Crippen LogP contribution in [0.1, 0.15) is 388 Å². The summed E-state index contributed by atoms with van der Waals surface area (Å²) in [4.78, 5) is 38.4. The van der Waals surface area contributed by atoms with Crippen LogP contribution in [-0.2, 0) is 28.6 Å². The minimum atomic E-state index is -0.765. The Balaban J connectivity index is 4.26. The summed E-state index contributed by atoms with van der Waals surface area (Å²) in [5, 5.41) is 0. The van der Waals surface area contributed by atoms with Crippen molar-refractivity contribution in [1.29, 1.82) is 0 Å². The monoisotopic (exact) mass is 1060 g/mol. The third kappa shape index (κ3) is 63.1. The molecule has 0 rings (SSSR count). The van der Waals surface area contributed by atoms with Crippen LogP contribution in [0.5, 0.6) is 0 Å². The van der Waals surface area contributed by atoms with E-state index in [9.17, 15) is 14.4 Å². The normalized spacial score (nSPS) is 12.1. The second-order valence-electron chi connectivity index (χ2n) is 25.2. The highest BCUT2D eigenvalue weighted by Gasteiger charge is 2.20. The van der Waals surface area contributed by atoms with Gasteiger partial charge in [-0.05, 0) is 37.0 Å². The molecule has 0 aromatic heterocycles. The van der Waals surface area contributed by atoms with Crippen molar-refractivity contribution in [2.24, 2.45) is 17.8 Å². The van der Waals surface area contributed by atoms with E-state index >= 15 is 0 Å². The molecule has 0 bridgehead atoms. The van der Waals surface area contributed by atoms with Gasteiger partial charge in [-0.3, -0.25) is 14.4 Å². The van der Waals surface area contributed by atoms with Crippen LogP contribution in [-0.4, -0.2) is 37.2 Å². The van der Waals surface area contributed by atoms with Gasteiger partial charge in [0.1, 0.15) is 13.2 Å². The van der Waals surface area contributed by atoms with Crippen molar-refractivity contribution in [3.63, 3.8) is 0 Å². The average Bonchev–Trinajstić information content (AvgIpc) is 3.38. The van der Waals surface area contributed by atoms with Gasteiger partial charge < -0.3 is 14.2 Å². The molecule has 75 heavy (non-hydrogen) atoms. The Morgan fingerprint density at radius 2 is 0.387 bits per heavy atom. The highest BCUT2D eigenvalue weighted by Crippen LogP contribution is 2.20. The van der Waals surface area contributed by atoms with Crippen molar-refractivity contribution in [1.82, 2.24) is 0 Å². The molecular weight excluding hydrogens is 925 g/mol. The Labute approximate surface area is 469 Å². The summed E-state index contributed by atoms with van der Waals surface area (Å²) in [6.45, 7) is 13.8. The lowest BCUT2D eigenvalue weighted by atomic mass is 10.0. The van der Waals surface area contributed by atoms with Crippen LogP contribution >= 0.6 is 0 Å². The number of carbonyl (C=O) groups excluding carboxylic acids is 3. The summed E-state index contributed by atoms with van der Waals surface area (Å²) < 4.78 is 17.0. The number of rotatable bonds is 62. The van der Waals surface area contributed by atoms with Gasteiger partial charge in [-0.2, -0.15) is 0 Å². The zero-order valence-corrected chi connectivity index (χ0v) is 51.9. The lowest BCUT2D eigenvalue weighted by Gasteiger charge is -2.18. The summed E-state index contributed by atoms with van der Waals surface area (Å²) in [5.74, 6) is 1.72. The van der Waals surface area contributed by atoms with Crippen LogP contribution in [0.3, 0.4) is 0 Å². The maximum absolute atomic E-state index is 12.9. The van der Waals surface area contributed by atoms with Gasteiger partial charge in [0.15, 0.2) is 6.10 Å². The first-order chi connectivity index (χ1) is 36.6. The highest BCUT2D eigenvalue weighted by atomic mass is 16.6. The average molecular weight is 1060 g/mol. The van der Waals surface area contributed by atoms with Crippen molar-refractivity contribution in [3.05, 3.63) is 0 Å². The van der Waals surface area contributed by atoms with Gasteiger partial charge in [0.05, 0.1) is 0 Å². The molecular formula is C69H134O6. The highest BCUT2D eigenvalue weighted by molar-refractivity contribution is 5.71. The minimum absolute atomic E-state index is 0.0621. The third-order valence-corrected chi connectivity index (χ3v) is 15.9. The first kappa shape index (κ1) is 73.4. The molecule has 0 aliphatic heterocycles. The molecule has 0 aliphatic carbocycles. The number of hydrogen-bond donors (Lipinski definition) is 0. The van der Waals surface area contributed by atoms with Crippen molar-refractivity contribution in [3.8, 4) is 0 Å². The maximum Gasteiger partial charge on any atom is 0.306 e. The molecule has 446 valence electrons. The molecule has 1 atom stereocenters. The first-order valence-corrected chi connectivity index (χ1v) is 34.1. The maximum atomic E-state index is 12.9. The van der Waals surface area contributed by atoms with Crippen molar-refractivity contribution in [2.45, 2.75) is 394 Å². The van der Waals surface area contributed by atoms with E-state index in [0.29, 0.717) is 19.3 Å². The fraction of sp³-hybridized carbons (Fsp3) is 0.957. The van der Waals surface area contributed by atoms with Gasteiger partial charge in [0, 0.05) is 19.3 Å². The van der Waals surface area contributed by atoms with Crippen LogP contribution < -0.4 is 0 Å². The fourth-order valence-corrected chi connectivity index (χ4v) is 10.8. The van der Waals surface area contributed by atoms with Crippen LogP contribution in [0, 0.1) is 17.8 Å². The molecule has 0 saturated heterocycles. The molecule has 0 aromatic rings. The van der Waals surface area contributed by atoms with Gasteiger partial charge in [0.25, 0.3) is 0 Å². The number of carbonyl (C=O) groups is 3. The summed E-state index contributed by atoms with van der Waals surface area (Å²) in [6, 6.07) is 0. The summed E-state index contributed by atoms with van der Waals surface area (Å²) in [7, 11) is 0. The standard InChI is InChI=1S/C69H134O6/c1-63(2)55-49-43-37-31-25-19-15-11-7-9-13-17-21-28-34-40-46-52-58-67(70)73-61-66(62-74-68(71)59-53-47-41-35-29-24-23-27-33-39-45-51-57-65(5)6)75-69(72)60-54-48-42-36-30-22-18-14-10-8-12-16-20-26-32-38-44-50-56-64(3)4/h63-66H,7-62H2,1-6H3/t66-/m1/s1. The molecule has 0 heterocycles. The Bertz CT molecular complexity index is 1160. The topological polar surface area (TPSA) is 78.9 Å². The molecule has 6 nitrogen and oxygen atoms in total. The first-order valence-electron chi connectivity index (χ1n) is 34.1.